The molecule has 0 radical (unpaired) electrons. The minimum absolute atomic E-state index is 0. The number of carbonyl (C=O) groups is 1. The summed E-state index contributed by atoms with van der Waals surface area (Å²) in [6.07, 6.45) is 4.32. The molecular weight excluding hydrogens is 378 g/mol. The second-order valence-corrected chi connectivity index (χ2v) is 7.52. The fraction of sp³-hybridized carbons (Fsp3) is 0.550. The van der Waals surface area contributed by atoms with Gasteiger partial charge in [0.25, 0.3) is 5.89 Å². The number of hydrogen-bond acceptors (Lipinski definition) is 6. The topological polar surface area (TPSA) is 83.3 Å². The van der Waals surface area contributed by atoms with Gasteiger partial charge in [0.15, 0.2) is 5.82 Å². The molecule has 0 saturated carbocycles. The van der Waals surface area contributed by atoms with Crippen LogP contribution in [0, 0.1) is 5.92 Å². The van der Waals surface area contributed by atoms with Gasteiger partial charge in [0.1, 0.15) is 0 Å². The van der Waals surface area contributed by atoms with Crippen LogP contribution in [0.4, 0.5) is 0 Å². The van der Waals surface area contributed by atoms with E-state index in [9.17, 15) is 4.79 Å². The van der Waals surface area contributed by atoms with Gasteiger partial charge in [-0.25, -0.2) is 0 Å². The van der Waals surface area contributed by atoms with Gasteiger partial charge in [-0.15, -0.1) is 12.4 Å². The minimum Gasteiger partial charge on any atom is -0.354 e. The van der Waals surface area contributed by atoms with Crippen molar-refractivity contribution in [3.8, 4) is 11.5 Å². The van der Waals surface area contributed by atoms with Crippen LogP contribution in [-0.2, 0) is 11.3 Å². The lowest BCUT2D eigenvalue weighted by Gasteiger charge is -2.32. The van der Waals surface area contributed by atoms with Crippen LogP contribution in [-0.4, -0.2) is 53.2 Å². The molecule has 7 nitrogen and oxygen atoms in total. The van der Waals surface area contributed by atoms with E-state index in [1.807, 2.05) is 30.3 Å². The van der Waals surface area contributed by atoms with Gasteiger partial charge in [0.2, 0.25) is 5.91 Å². The minimum atomic E-state index is 0. The molecular formula is C20H28ClN5O2. The lowest BCUT2D eigenvalue weighted by molar-refractivity contribution is -0.123. The quantitative estimate of drug-likeness (QED) is 0.766. The number of piperidine rings is 1. The Bertz CT molecular complexity index is 748. The van der Waals surface area contributed by atoms with Crippen LogP contribution in [0.5, 0.6) is 0 Å². The summed E-state index contributed by atoms with van der Waals surface area (Å²) < 4.78 is 5.40. The van der Waals surface area contributed by atoms with E-state index in [-0.39, 0.29) is 24.4 Å². The van der Waals surface area contributed by atoms with E-state index in [1.54, 1.807) is 0 Å². The molecule has 28 heavy (non-hydrogen) atoms. The van der Waals surface area contributed by atoms with Gasteiger partial charge in [0.05, 0.1) is 12.6 Å². The lowest BCUT2D eigenvalue weighted by Crippen LogP contribution is -2.45. The number of likely N-dealkylation sites (tertiary alicyclic amines) is 1. The van der Waals surface area contributed by atoms with Gasteiger partial charge in [-0.2, -0.15) is 4.98 Å². The van der Waals surface area contributed by atoms with Crippen molar-refractivity contribution in [2.45, 2.75) is 38.3 Å². The highest BCUT2D eigenvalue weighted by Crippen LogP contribution is 2.20. The van der Waals surface area contributed by atoms with Gasteiger partial charge in [-0.05, 0) is 56.8 Å². The molecule has 2 saturated heterocycles. The third-order valence-corrected chi connectivity index (χ3v) is 5.40. The molecule has 2 atom stereocenters. The Morgan fingerprint density at radius 1 is 1.25 bits per heavy atom. The van der Waals surface area contributed by atoms with Crippen LogP contribution in [0.15, 0.2) is 34.9 Å². The van der Waals surface area contributed by atoms with E-state index in [0.717, 1.165) is 57.4 Å². The summed E-state index contributed by atoms with van der Waals surface area (Å²) >= 11 is 0. The monoisotopic (exact) mass is 405 g/mol. The number of nitrogens with zero attached hydrogens (tertiary/aromatic N) is 3. The predicted octanol–water partition coefficient (Wildman–Crippen LogP) is 2.24. The summed E-state index contributed by atoms with van der Waals surface area (Å²) in [4.78, 5) is 19.1. The molecule has 2 aromatic rings. The van der Waals surface area contributed by atoms with E-state index in [2.05, 4.69) is 25.7 Å². The zero-order chi connectivity index (χ0) is 18.5. The second-order valence-electron chi connectivity index (χ2n) is 7.52. The summed E-state index contributed by atoms with van der Waals surface area (Å²) in [6, 6.07) is 9.83. The Morgan fingerprint density at radius 2 is 2.11 bits per heavy atom. The fourth-order valence-corrected chi connectivity index (χ4v) is 3.95. The molecule has 4 rings (SSSR count). The van der Waals surface area contributed by atoms with Gasteiger partial charge in [-0.3, -0.25) is 9.69 Å². The maximum atomic E-state index is 12.2. The molecule has 0 spiro atoms. The zero-order valence-electron chi connectivity index (χ0n) is 16.0. The van der Waals surface area contributed by atoms with Crippen molar-refractivity contribution in [1.29, 1.82) is 0 Å². The maximum absolute atomic E-state index is 12.2. The number of rotatable bonds is 6. The summed E-state index contributed by atoms with van der Waals surface area (Å²) in [7, 11) is 0. The van der Waals surface area contributed by atoms with E-state index >= 15 is 0 Å². The standard InChI is InChI=1S/C20H27N5O2.ClH/c26-19(17-9-4-10-21-17)22-12-15-6-5-11-25(13-15)14-18-23-20(27-24-18)16-7-2-1-3-8-16;/h1-3,7-8,15,17,21H,4-6,9-14H2,(H,22,26);1H. The Morgan fingerprint density at radius 3 is 2.89 bits per heavy atom. The van der Waals surface area contributed by atoms with E-state index in [4.69, 9.17) is 4.52 Å². The first-order chi connectivity index (χ1) is 13.3. The highest BCUT2D eigenvalue weighted by atomic mass is 35.5. The van der Waals surface area contributed by atoms with Gasteiger partial charge in [-0.1, -0.05) is 23.4 Å². The van der Waals surface area contributed by atoms with Crippen molar-refractivity contribution in [1.82, 2.24) is 25.7 Å². The Kier molecular flexibility index (Phi) is 7.42. The third kappa shape index (κ3) is 5.31. The smallest absolute Gasteiger partial charge is 0.257 e. The molecule has 0 aliphatic carbocycles. The van der Waals surface area contributed by atoms with E-state index in [0.29, 0.717) is 24.2 Å². The normalized spacial score (nSPS) is 22.6. The molecule has 2 fully saturated rings. The number of carbonyl (C=O) groups excluding carboxylic acids is 1. The summed E-state index contributed by atoms with van der Waals surface area (Å²) in [5.41, 5.74) is 0.941. The van der Waals surface area contributed by atoms with E-state index < -0.39 is 0 Å². The van der Waals surface area contributed by atoms with Crippen LogP contribution >= 0.6 is 12.4 Å². The molecule has 0 bridgehead atoms. The average Bonchev–Trinajstić information content (AvgIpc) is 3.39. The Hall–Kier alpha value is -1.96. The predicted molar refractivity (Wildman–Crippen MR) is 109 cm³/mol. The molecule has 2 aliphatic heterocycles. The van der Waals surface area contributed by atoms with Crippen LogP contribution in [0.2, 0.25) is 0 Å². The lowest BCUT2D eigenvalue weighted by atomic mass is 9.98. The Labute approximate surface area is 171 Å². The first-order valence-electron chi connectivity index (χ1n) is 9.89. The molecule has 152 valence electrons. The van der Waals surface area contributed by atoms with Crippen LogP contribution in [0.3, 0.4) is 0 Å². The van der Waals surface area contributed by atoms with Crippen LogP contribution < -0.4 is 10.6 Å². The van der Waals surface area contributed by atoms with Crippen molar-refractivity contribution in [3.63, 3.8) is 0 Å². The first kappa shape index (κ1) is 20.8. The highest BCUT2D eigenvalue weighted by molar-refractivity contribution is 5.85. The molecule has 3 heterocycles. The van der Waals surface area contributed by atoms with Gasteiger partial charge in [0, 0.05) is 18.7 Å². The fourth-order valence-electron chi connectivity index (χ4n) is 3.95. The number of nitrogens with one attached hydrogen (secondary N) is 2. The number of hydrogen-bond donors (Lipinski definition) is 2. The molecule has 8 heteroatoms. The van der Waals surface area contributed by atoms with E-state index in [1.165, 1.54) is 0 Å². The summed E-state index contributed by atoms with van der Waals surface area (Å²) in [6.45, 7) is 4.36. The van der Waals surface area contributed by atoms with Crippen LogP contribution in [0.1, 0.15) is 31.5 Å². The molecule has 2 aliphatic rings. The summed E-state index contributed by atoms with van der Waals surface area (Å²) in [5.74, 6) is 1.91. The van der Waals surface area contributed by atoms with Crippen molar-refractivity contribution >= 4 is 18.3 Å². The molecule has 1 aromatic heterocycles. The molecule has 2 unspecified atom stereocenters. The first-order valence-corrected chi connectivity index (χ1v) is 9.89. The largest absolute Gasteiger partial charge is 0.354 e. The Balaban J connectivity index is 0.00000225. The number of benzene rings is 1. The van der Waals surface area contributed by atoms with Crippen LogP contribution in [0.25, 0.3) is 11.5 Å². The number of aromatic nitrogens is 2. The number of amides is 1. The number of halogens is 1. The van der Waals surface area contributed by atoms with Gasteiger partial charge < -0.3 is 15.2 Å². The highest BCUT2D eigenvalue weighted by Gasteiger charge is 2.25. The molecule has 2 N–H and O–H groups in total. The third-order valence-electron chi connectivity index (χ3n) is 5.40. The molecule has 1 aromatic carbocycles. The average molecular weight is 406 g/mol. The molecule has 1 amide bonds. The van der Waals surface area contributed by atoms with Gasteiger partial charge >= 0.3 is 0 Å². The summed E-state index contributed by atoms with van der Waals surface area (Å²) in [5, 5.41) is 10.5. The van der Waals surface area contributed by atoms with Crippen molar-refractivity contribution in [3.05, 3.63) is 36.2 Å². The maximum Gasteiger partial charge on any atom is 0.257 e. The zero-order valence-corrected chi connectivity index (χ0v) is 16.8. The van der Waals surface area contributed by atoms with Crippen molar-refractivity contribution in [2.24, 2.45) is 5.92 Å². The van der Waals surface area contributed by atoms with Crippen molar-refractivity contribution in [2.75, 3.05) is 26.2 Å². The second kappa shape index (κ2) is 10.0. The SMILES string of the molecule is Cl.O=C(NCC1CCCN(Cc2noc(-c3ccccc3)n2)C1)C1CCCN1. The van der Waals surface area contributed by atoms with Crippen molar-refractivity contribution < 1.29 is 9.32 Å².